The number of carbonyl (C=O) groups excluding carboxylic acids is 1. The van der Waals surface area contributed by atoms with Crippen molar-refractivity contribution in [2.24, 2.45) is 0 Å². The minimum atomic E-state index is -3.73. The van der Waals surface area contributed by atoms with Crippen LogP contribution in [-0.2, 0) is 0 Å². The first-order valence-corrected chi connectivity index (χ1v) is 8.57. The van der Waals surface area contributed by atoms with Crippen molar-refractivity contribution < 1.29 is 36.4 Å². The number of carbonyl (C=O) groups is 1. The lowest BCUT2D eigenvalue weighted by Gasteiger charge is -2.09. The molecule has 0 unspecified atom stereocenters. The summed E-state index contributed by atoms with van der Waals surface area (Å²) in [7, 11) is 0. The van der Waals surface area contributed by atoms with Crippen LogP contribution in [0.4, 0.5) is 23.4 Å². The van der Waals surface area contributed by atoms with Gasteiger partial charge in [-0.1, -0.05) is 5.16 Å². The zero-order valence-corrected chi connectivity index (χ0v) is 15.5. The first kappa shape index (κ1) is 19.7. The van der Waals surface area contributed by atoms with E-state index in [1.54, 1.807) is 13.0 Å². The normalized spacial score (nSPS) is 14.2. The summed E-state index contributed by atoms with van der Waals surface area (Å²) < 4.78 is 65.8. The summed E-state index contributed by atoms with van der Waals surface area (Å²) in [6.07, 6.45) is -5.33. The summed E-state index contributed by atoms with van der Waals surface area (Å²) in [6, 6.07) is 5.84. The minimum absolute atomic E-state index is 0.0206. The van der Waals surface area contributed by atoms with Gasteiger partial charge in [-0.3, -0.25) is 4.79 Å². The molecule has 7 nitrogen and oxygen atoms in total. The molecule has 0 spiro atoms. The van der Waals surface area contributed by atoms with E-state index in [-0.39, 0.29) is 28.6 Å². The summed E-state index contributed by atoms with van der Waals surface area (Å²) >= 11 is 0. The Morgan fingerprint density at radius 3 is 2.47 bits per heavy atom. The second-order valence-electron chi connectivity index (χ2n) is 6.48. The largest absolute Gasteiger partial charge is 0.586 e. The van der Waals surface area contributed by atoms with Crippen molar-refractivity contribution in [3.8, 4) is 22.6 Å². The van der Waals surface area contributed by atoms with Gasteiger partial charge in [0.15, 0.2) is 11.5 Å². The standard InChI is InChI=1S/C19H13F4N3O4/c1-8-5-12-13(29-19(22,23)28-12)6-11(8)10-3-4-14(24-7-10)25-18(27)15-9(2)26-30-16(15)17(20)21/h3-7,17H,1-2H3,(H,24,25,27). The van der Waals surface area contributed by atoms with E-state index in [2.05, 4.69) is 29.5 Å². The lowest BCUT2D eigenvalue weighted by Crippen LogP contribution is -2.25. The third-order valence-electron chi connectivity index (χ3n) is 4.38. The molecule has 156 valence electrons. The van der Waals surface area contributed by atoms with Crippen molar-refractivity contribution in [3.63, 3.8) is 0 Å². The van der Waals surface area contributed by atoms with Crippen LogP contribution in [0.3, 0.4) is 0 Å². The number of nitrogens with one attached hydrogen (secondary N) is 1. The number of hydrogen-bond donors (Lipinski definition) is 1. The second-order valence-corrected chi connectivity index (χ2v) is 6.48. The number of benzene rings is 1. The molecule has 3 heterocycles. The highest BCUT2D eigenvalue weighted by Crippen LogP contribution is 2.44. The van der Waals surface area contributed by atoms with E-state index in [1.807, 2.05) is 0 Å². The monoisotopic (exact) mass is 423 g/mol. The van der Waals surface area contributed by atoms with E-state index >= 15 is 0 Å². The van der Waals surface area contributed by atoms with Gasteiger partial charge in [-0.25, -0.2) is 13.8 Å². The molecule has 30 heavy (non-hydrogen) atoms. The number of hydrogen-bond acceptors (Lipinski definition) is 6. The minimum Gasteiger partial charge on any atom is -0.395 e. The molecule has 1 amide bonds. The molecule has 0 radical (unpaired) electrons. The Hall–Kier alpha value is -3.63. The maximum atomic E-state index is 13.2. The second kappa shape index (κ2) is 7.01. The molecule has 1 aromatic carbocycles. The Morgan fingerprint density at radius 2 is 1.83 bits per heavy atom. The zero-order chi connectivity index (χ0) is 21.6. The molecule has 0 bridgehead atoms. The first-order chi connectivity index (χ1) is 14.1. The van der Waals surface area contributed by atoms with Crippen LogP contribution in [0.2, 0.25) is 0 Å². The van der Waals surface area contributed by atoms with Gasteiger partial charge in [0, 0.05) is 11.8 Å². The highest BCUT2D eigenvalue weighted by molar-refractivity contribution is 6.05. The van der Waals surface area contributed by atoms with E-state index in [0.29, 0.717) is 16.7 Å². The molecular weight excluding hydrogens is 410 g/mol. The molecule has 3 aromatic rings. The Labute approximate surface area is 166 Å². The number of ether oxygens (including phenoxy) is 2. The van der Waals surface area contributed by atoms with Gasteiger partial charge in [0.2, 0.25) is 5.76 Å². The topological polar surface area (TPSA) is 86.5 Å². The van der Waals surface area contributed by atoms with E-state index in [4.69, 9.17) is 0 Å². The van der Waals surface area contributed by atoms with Crippen molar-refractivity contribution in [1.82, 2.24) is 10.1 Å². The summed E-state index contributed by atoms with van der Waals surface area (Å²) in [5, 5.41) is 5.79. The highest BCUT2D eigenvalue weighted by atomic mass is 19.3. The van der Waals surface area contributed by atoms with Crippen molar-refractivity contribution in [2.45, 2.75) is 26.6 Å². The highest BCUT2D eigenvalue weighted by Gasteiger charge is 2.43. The predicted octanol–water partition coefficient (Wildman–Crippen LogP) is 4.86. The van der Waals surface area contributed by atoms with Crippen LogP contribution >= 0.6 is 0 Å². The number of aryl methyl sites for hydroxylation is 2. The fraction of sp³-hybridized carbons (Fsp3) is 0.211. The fourth-order valence-corrected chi connectivity index (χ4v) is 3.03. The summed E-state index contributed by atoms with van der Waals surface area (Å²) in [5.41, 5.74) is 1.42. The van der Waals surface area contributed by atoms with Crippen molar-refractivity contribution >= 4 is 11.7 Å². The molecule has 2 aromatic heterocycles. The number of anilines is 1. The van der Waals surface area contributed by atoms with Crippen LogP contribution in [0.5, 0.6) is 11.5 Å². The van der Waals surface area contributed by atoms with Gasteiger partial charge in [0.25, 0.3) is 12.3 Å². The molecule has 0 saturated heterocycles. The Bertz CT molecular complexity index is 1130. The Kier molecular flexibility index (Phi) is 4.60. The van der Waals surface area contributed by atoms with E-state index in [1.165, 1.54) is 31.3 Å². The summed E-state index contributed by atoms with van der Waals surface area (Å²) in [6.45, 7) is 3.07. The van der Waals surface area contributed by atoms with Crippen molar-refractivity contribution in [1.29, 1.82) is 0 Å². The zero-order valence-electron chi connectivity index (χ0n) is 15.5. The van der Waals surface area contributed by atoms with E-state index in [9.17, 15) is 22.4 Å². The molecule has 1 aliphatic heterocycles. The van der Waals surface area contributed by atoms with Gasteiger partial charge in [-0.15, -0.1) is 8.78 Å². The van der Waals surface area contributed by atoms with Crippen molar-refractivity contribution in [2.75, 3.05) is 5.32 Å². The van der Waals surface area contributed by atoms with Crippen LogP contribution in [0.25, 0.3) is 11.1 Å². The number of pyridine rings is 1. The molecule has 1 aliphatic rings. The molecule has 0 aliphatic carbocycles. The lowest BCUT2D eigenvalue weighted by molar-refractivity contribution is -0.286. The molecule has 4 rings (SSSR count). The first-order valence-electron chi connectivity index (χ1n) is 8.57. The third kappa shape index (κ3) is 3.53. The predicted molar refractivity (Wildman–Crippen MR) is 94.8 cm³/mol. The summed E-state index contributed by atoms with van der Waals surface area (Å²) in [4.78, 5) is 16.4. The Balaban J connectivity index is 1.56. The molecule has 0 fully saturated rings. The van der Waals surface area contributed by atoms with Crippen molar-refractivity contribution in [3.05, 3.63) is 53.0 Å². The smallest absolute Gasteiger partial charge is 0.395 e. The quantitative estimate of drug-likeness (QED) is 0.603. The van der Waals surface area contributed by atoms with Gasteiger partial charge in [0.1, 0.15) is 11.4 Å². The molecule has 0 atom stereocenters. The van der Waals surface area contributed by atoms with Gasteiger partial charge in [0.05, 0.1) is 5.69 Å². The molecular formula is C19H13F4N3O4. The Morgan fingerprint density at radius 1 is 1.13 bits per heavy atom. The average molecular weight is 423 g/mol. The fourth-order valence-electron chi connectivity index (χ4n) is 3.03. The number of nitrogens with zero attached hydrogens (tertiary/aromatic N) is 2. The maximum absolute atomic E-state index is 13.2. The number of fused-ring (bicyclic) bond motifs is 1. The molecule has 11 heteroatoms. The van der Waals surface area contributed by atoms with E-state index < -0.39 is 24.4 Å². The maximum Gasteiger partial charge on any atom is 0.586 e. The number of halogens is 4. The number of rotatable bonds is 4. The van der Waals surface area contributed by atoms with Gasteiger partial charge in [-0.2, -0.15) is 0 Å². The number of aromatic nitrogens is 2. The molecule has 1 N–H and O–H groups in total. The SMILES string of the molecule is Cc1cc2c(cc1-c1ccc(NC(=O)c3c(C)noc3C(F)F)nc1)OC(F)(F)O2. The van der Waals surface area contributed by atoms with Gasteiger partial charge < -0.3 is 19.3 Å². The van der Waals surface area contributed by atoms with Gasteiger partial charge >= 0.3 is 6.29 Å². The summed E-state index contributed by atoms with van der Waals surface area (Å²) in [5.74, 6) is -1.76. The van der Waals surface area contributed by atoms with Crippen LogP contribution < -0.4 is 14.8 Å². The molecule has 0 saturated carbocycles. The van der Waals surface area contributed by atoms with Crippen LogP contribution in [0, 0.1) is 13.8 Å². The average Bonchev–Trinajstić information content (AvgIpc) is 3.19. The third-order valence-corrected chi connectivity index (χ3v) is 4.38. The van der Waals surface area contributed by atoms with Crippen LogP contribution in [-0.4, -0.2) is 22.3 Å². The van der Waals surface area contributed by atoms with E-state index in [0.717, 1.165) is 0 Å². The van der Waals surface area contributed by atoms with Crippen LogP contribution in [0.15, 0.2) is 35.0 Å². The van der Waals surface area contributed by atoms with Crippen LogP contribution in [0.1, 0.15) is 33.8 Å². The lowest BCUT2D eigenvalue weighted by atomic mass is 10.0. The van der Waals surface area contributed by atoms with Gasteiger partial charge in [-0.05, 0) is 49.2 Å². The number of amides is 1. The number of alkyl halides is 4.